The van der Waals surface area contributed by atoms with Crippen molar-refractivity contribution in [1.29, 1.82) is 0 Å². The Bertz CT molecular complexity index is 2150. The first-order valence-electron chi connectivity index (χ1n) is 19.4. The fourth-order valence-corrected chi connectivity index (χ4v) is 12.0. The Balaban J connectivity index is 1.27. The molecule has 53 heavy (non-hydrogen) atoms. The van der Waals surface area contributed by atoms with Crippen molar-refractivity contribution in [2.24, 2.45) is 23.7 Å². The van der Waals surface area contributed by atoms with Gasteiger partial charge in [0, 0.05) is 88.4 Å². The third-order valence-corrected chi connectivity index (χ3v) is 14.2. The molecule has 10 heteroatoms. The molecule has 6 heterocycles. The van der Waals surface area contributed by atoms with Crippen molar-refractivity contribution in [1.82, 2.24) is 19.8 Å². The van der Waals surface area contributed by atoms with Crippen molar-refractivity contribution in [3.8, 4) is 5.75 Å². The van der Waals surface area contributed by atoms with Gasteiger partial charge in [0.15, 0.2) is 0 Å². The van der Waals surface area contributed by atoms with Crippen LogP contribution in [0.4, 0.5) is 0 Å². The Hall–Kier alpha value is -4.12. The maximum atomic E-state index is 14.2. The number of piperidine rings is 3. The molecule has 10 atom stereocenters. The number of fused-ring (bicyclic) bond motifs is 9. The highest BCUT2D eigenvalue weighted by atomic mass is 16.5. The van der Waals surface area contributed by atoms with Gasteiger partial charge in [-0.15, -0.1) is 0 Å². The lowest BCUT2D eigenvalue weighted by molar-refractivity contribution is -0.166. The number of aliphatic hydroxyl groups is 1. The minimum absolute atomic E-state index is 0.00969. The summed E-state index contributed by atoms with van der Waals surface area (Å²) >= 11 is 0. The van der Waals surface area contributed by atoms with Crippen LogP contribution in [-0.2, 0) is 37.3 Å². The van der Waals surface area contributed by atoms with E-state index >= 15 is 0 Å². The average molecular weight is 721 g/mol. The SMILES string of the molecule is C/C=C1/CN(C)[C@H]2Cc3c([nH]c4ccccc34)[C@@H](c3cc4c5c([nH]c4cc3OC)[C@]3(C(=O)OC)C[C@H]4C[C@H]([C@H](C)O)[C@@H]3N(CC5)C4)C[C@@H]1[C@@H]2C(=O)OC. The van der Waals surface area contributed by atoms with Gasteiger partial charge in [-0.25, -0.2) is 0 Å². The van der Waals surface area contributed by atoms with Crippen LogP contribution >= 0.6 is 0 Å². The summed E-state index contributed by atoms with van der Waals surface area (Å²) in [7, 11) is 6.87. The summed E-state index contributed by atoms with van der Waals surface area (Å²) in [6.07, 6.45) is 5.48. The predicted octanol–water partition coefficient (Wildman–Crippen LogP) is 5.46. The first kappa shape index (κ1) is 34.6. The Kier molecular flexibility index (Phi) is 8.33. The third kappa shape index (κ3) is 4.94. The highest BCUT2D eigenvalue weighted by molar-refractivity contribution is 5.93. The standard InChI is InChI=1S/C43H52N4O6/c1-7-24-21-46(3)35-17-32-25-10-8-9-11-33(25)44-38(32)31(15-28(24)37(35)41(49)52-5)30-16-29-26-12-13-47-20-23-14-27(22(2)48)40(47)43(19-23,42(50)53-6)39(26)45-34(29)18-36(30)51-4/h7-11,16,18,22-23,27-28,31,35,37,40,44-45,48H,12-15,17,19-21H2,1-6H3/b24-7-/t22-,23+,27+,28-,31+,35-,37-,40-,43+/m0/s1. The molecule has 6 bridgehead atoms. The molecule has 2 aromatic carbocycles. The third-order valence-electron chi connectivity index (χ3n) is 14.2. The van der Waals surface area contributed by atoms with E-state index in [1.54, 1.807) is 7.11 Å². The van der Waals surface area contributed by atoms with E-state index in [2.05, 4.69) is 76.2 Å². The molecule has 4 fully saturated rings. The number of methoxy groups -OCH3 is 3. The monoisotopic (exact) mass is 720 g/mol. The summed E-state index contributed by atoms with van der Waals surface area (Å²) in [6, 6.07) is 12.7. The number of para-hydroxylation sites is 1. The number of likely N-dealkylation sites (tertiary alicyclic amines) is 1. The second-order valence-corrected chi connectivity index (χ2v) is 16.5. The number of esters is 2. The number of H-pyrrole nitrogens is 2. The first-order valence-corrected chi connectivity index (χ1v) is 19.4. The number of hydrogen-bond donors (Lipinski definition) is 3. The zero-order valence-electron chi connectivity index (χ0n) is 31.7. The maximum absolute atomic E-state index is 14.2. The van der Waals surface area contributed by atoms with Crippen LogP contribution in [-0.4, -0.2) is 103 Å². The van der Waals surface area contributed by atoms with Crippen LogP contribution in [0.25, 0.3) is 21.8 Å². The first-order chi connectivity index (χ1) is 25.6. The van der Waals surface area contributed by atoms with Crippen molar-refractivity contribution in [2.75, 3.05) is 48.0 Å². The highest BCUT2D eigenvalue weighted by Gasteiger charge is 2.64. The van der Waals surface area contributed by atoms with Gasteiger partial charge in [-0.3, -0.25) is 19.4 Å². The molecule has 4 aromatic rings. The number of carbonyl (C=O) groups excluding carboxylic acids is 2. The average Bonchev–Trinajstić information content (AvgIpc) is 3.69. The number of rotatable bonds is 5. The number of hydrogen-bond acceptors (Lipinski definition) is 8. The van der Waals surface area contributed by atoms with Crippen molar-refractivity contribution in [3.05, 3.63) is 76.1 Å². The van der Waals surface area contributed by atoms with Crippen LogP contribution in [0.3, 0.4) is 0 Å². The molecule has 2 aliphatic carbocycles. The van der Waals surface area contributed by atoms with E-state index in [4.69, 9.17) is 14.2 Å². The second kappa shape index (κ2) is 12.7. The van der Waals surface area contributed by atoms with E-state index in [-0.39, 0.29) is 47.7 Å². The summed E-state index contributed by atoms with van der Waals surface area (Å²) < 4.78 is 17.5. The summed E-state index contributed by atoms with van der Waals surface area (Å²) in [5.74, 6) is 0.188. The van der Waals surface area contributed by atoms with Gasteiger partial charge in [-0.05, 0) is 88.1 Å². The van der Waals surface area contributed by atoms with E-state index in [0.29, 0.717) is 25.2 Å². The van der Waals surface area contributed by atoms with Crippen LogP contribution < -0.4 is 4.74 Å². The van der Waals surface area contributed by atoms with E-state index in [1.807, 2.05) is 6.92 Å². The van der Waals surface area contributed by atoms with Gasteiger partial charge in [-0.2, -0.15) is 0 Å². The Morgan fingerprint density at radius 2 is 1.85 bits per heavy atom. The van der Waals surface area contributed by atoms with Gasteiger partial charge in [0.05, 0.1) is 33.4 Å². The van der Waals surface area contributed by atoms with Gasteiger partial charge in [0.25, 0.3) is 0 Å². The van der Waals surface area contributed by atoms with Crippen molar-refractivity contribution < 1.29 is 28.9 Å². The molecular weight excluding hydrogens is 668 g/mol. The number of nitrogens with zero attached hydrogens (tertiary/aromatic N) is 2. The zero-order valence-corrected chi connectivity index (χ0v) is 31.7. The van der Waals surface area contributed by atoms with E-state index in [0.717, 1.165) is 71.5 Å². The highest BCUT2D eigenvalue weighted by Crippen LogP contribution is 2.56. The normalized spacial score (nSPS) is 33.5. The molecule has 10 rings (SSSR count). The smallest absolute Gasteiger partial charge is 0.319 e. The number of benzene rings is 2. The zero-order chi connectivity index (χ0) is 36.9. The fraction of sp³-hybridized carbons (Fsp3) is 0.535. The van der Waals surface area contributed by atoms with Crippen LogP contribution in [0.2, 0.25) is 0 Å². The number of nitrogens with one attached hydrogen (secondary N) is 2. The molecule has 280 valence electrons. The number of aliphatic hydroxyl groups excluding tert-OH is 1. The largest absolute Gasteiger partial charge is 0.496 e. The van der Waals surface area contributed by atoms with Gasteiger partial charge >= 0.3 is 11.9 Å². The number of ether oxygens (including phenoxy) is 3. The molecule has 6 aliphatic rings. The quantitative estimate of drug-likeness (QED) is 0.184. The number of aromatic amines is 2. The van der Waals surface area contributed by atoms with Crippen molar-refractivity contribution in [3.63, 3.8) is 0 Å². The second-order valence-electron chi connectivity index (χ2n) is 16.5. The van der Waals surface area contributed by atoms with Crippen molar-refractivity contribution >= 4 is 33.7 Å². The Morgan fingerprint density at radius 3 is 2.58 bits per heavy atom. The van der Waals surface area contributed by atoms with Crippen LogP contribution in [0.15, 0.2) is 48.0 Å². The summed E-state index contributed by atoms with van der Waals surface area (Å²) in [6.45, 7) is 6.50. The molecule has 1 saturated carbocycles. The van der Waals surface area contributed by atoms with Crippen LogP contribution in [0.1, 0.15) is 67.1 Å². The Labute approximate surface area is 310 Å². The molecule has 0 amide bonds. The van der Waals surface area contributed by atoms with E-state index < -0.39 is 11.5 Å². The maximum Gasteiger partial charge on any atom is 0.319 e. The molecule has 4 aliphatic heterocycles. The van der Waals surface area contributed by atoms with E-state index in [9.17, 15) is 14.7 Å². The molecule has 0 radical (unpaired) electrons. The minimum atomic E-state index is -0.905. The lowest BCUT2D eigenvalue weighted by atomic mass is 9.56. The van der Waals surface area contributed by atoms with Gasteiger partial charge in [-0.1, -0.05) is 29.8 Å². The molecule has 3 saturated heterocycles. The van der Waals surface area contributed by atoms with Gasteiger partial charge < -0.3 is 29.3 Å². The lowest BCUT2D eigenvalue weighted by Gasteiger charge is -2.58. The molecule has 0 spiro atoms. The van der Waals surface area contributed by atoms with Gasteiger partial charge in [0.1, 0.15) is 11.2 Å². The van der Waals surface area contributed by atoms with Gasteiger partial charge in [0.2, 0.25) is 0 Å². The number of carbonyl (C=O) groups is 2. The minimum Gasteiger partial charge on any atom is -0.496 e. The van der Waals surface area contributed by atoms with Crippen LogP contribution in [0.5, 0.6) is 5.75 Å². The summed E-state index contributed by atoms with van der Waals surface area (Å²) in [5, 5.41) is 13.3. The number of likely N-dealkylation sites (N-methyl/N-ethyl adjacent to an activating group) is 1. The molecule has 2 aromatic heterocycles. The van der Waals surface area contributed by atoms with E-state index in [1.165, 1.54) is 36.4 Å². The summed E-state index contributed by atoms with van der Waals surface area (Å²) in [5.41, 5.74) is 7.92. The molecule has 3 N–H and O–H groups in total. The molecule has 1 unspecified atom stereocenters. The fourth-order valence-electron chi connectivity index (χ4n) is 12.0. The molecule has 10 nitrogen and oxygen atoms in total. The van der Waals surface area contributed by atoms with Crippen LogP contribution in [0, 0.1) is 23.7 Å². The number of allylic oxidation sites excluding steroid dienone is 1. The number of aromatic nitrogens is 2. The lowest BCUT2D eigenvalue weighted by Crippen LogP contribution is -2.68. The predicted molar refractivity (Wildman–Crippen MR) is 203 cm³/mol. The molecular formula is C43H52N4O6. The Morgan fingerprint density at radius 1 is 1.04 bits per heavy atom. The summed E-state index contributed by atoms with van der Waals surface area (Å²) in [4.78, 5) is 40.5. The topological polar surface area (TPSA) is 120 Å². The van der Waals surface area contributed by atoms with Crippen molar-refractivity contribution in [2.45, 2.75) is 75.5 Å².